The number of aromatic nitrogens is 1. The van der Waals surface area contributed by atoms with Gasteiger partial charge in [0.2, 0.25) is 0 Å². The molecule has 0 aliphatic rings. The third kappa shape index (κ3) is 3.98. The molecule has 0 saturated carbocycles. The van der Waals surface area contributed by atoms with Crippen LogP contribution in [0.25, 0.3) is 0 Å². The third-order valence-corrected chi connectivity index (χ3v) is 2.71. The summed E-state index contributed by atoms with van der Waals surface area (Å²) in [5, 5.41) is 10.9. The molecule has 0 saturated heterocycles. The highest BCUT2D eigenvalue weighted by atomic mass is 32.2. The fourth-order valence-electron chi connectivity index (χ4n) is 1.18. The van der Waals surface area contributed by atoms with Crippen molar-refractivity contribution in [2.24, 2.45) is 4.99 Å². The van der Waals surface area contributed by atoms with Gasteiger partial charge in [0.05, 0.1) is 6.04 Å². The molecule has 86 valence electrons. The van der Waals surface area contributed by atoms with E-state index in [-0.39, 0.29) is 17.5 Å². The minimum Gasteiger partial charge on any atom is -0.268 e. The van der Waals surface area contributed by atoms with Crippen LogP contribution >= 0.6 is 11.8 Å². The van der Waals surface area contributed by atoms with E-state index < -0.39 is 0 Å². The van der Waals surface area contributed by atoms with E-state index in [1.165, 1.54) is 11.8 Å². The van der Waals surface area contributed by atoms with E-state index in [1.54, 1.807) is 18.6 Å². The quantitative estimate of drug-likeness (QED) is 0.349. The number of nitro groups is 1. The second kappa shape index (κ2) is 6.22. The van der Waals surface area contributed by atoms with Gasteiger partial charge in [-0.05, 0) is 24.8 Å². The summed E-state index contributed by atoms with van der Waals surface area (Å²) in [5.41, 5.74) is 0.956. The number of aliphatic imine (C=N–C) groups is 1. The highest BCUT2D eigenvalue weighted by molar-refractivity contribution is 8.13. The number of hydrogen-bond donors (Lipinski definition) is 0. The Morgan fingerprint density at radius 1 is 1.75 bits per heavy atom. The Hall–Kier alpha value is -1.43. The van der Waals surface area contributed by atoms with Crippen molar-refractivity contribution in [2.45, 2.75) is 13.0 Å². The topological polar surface area (TPSA) is 68.4 Å². The van der Waals surface area contributed by atoms with Gasteiger partial charge < -0.3 is 0 Å². The van der Waals surface area contributed by atoms with Crippen molar-refractivity contribution in [3.8, 4) is 0 Å². The van der Waals surface area contributed by atoms with Gasteiger partial charge in [-0.1, -0.05) is 6.07 Å². The molecule has 1 rings (SSSR count). The second-order valence-corrected chi connectivity index (χ2v) is 4.06. The zero-order valence-corrected chi connectivity index (χ0v) is 9.98. The molecule has 0 bridgehead atoms. The standard InChI is InChI=1S/C10H13N3O2S/c1-8(9-4-3-5-11-6-9)12-10(16-2)7-13(14)15/h3-6,8H,7H2,1-2H3. The fraction of sp³-hybridized carbons (Fsp3) is 0.400. The summed E-state index contributed by atoms with van der Waals surface area (Å²) in [6, 6.07) is 3.63. The van der Waals surface area contributed by atoms with Crippen molar-refractivity contribution in [3.05, 3.63) is 40.2 Å². The lowest BCUT2D eigenvalue weighted by Crippen LogP contribution is -2.11. The maximum Gasteiger partial charge on any atom is 0.251 e. The molecule has 16 heavy (non-hydrogen) atoms. The van der Waals surface area contributed by atoms with Crippen molar-refractivity contribution in [2.75, 3.05) is 12.8 Å². The molecule has 6 heteroatoms. The van der Waals surface area contributed by atoms with Gasteiger partial charge in [0.1, 0.15) is 5.04 Å². The lowest BCUT2D eigenvalue weighted by Gasteiger charge is -2.07. The molecule has 0 aliphatic heterocycles. The smallest absolute Gasteiger partial charge is 0.251 e. The summed E-state index contributed by atoms with van der Waals surface area (Å²) in [6.45, 7) is 1.68. The van der Waals surface area contributed by atoms with Crippen molar-refractivity contribution in [3.63, 3.8) is 0 Å². The molecular weight excluding hydrogens is 226 g/mol. The molecule has 1 atom stereocenters. The molecule has 0 aliphatic carbocycles. The molecule has 0 N–H and O–H groups in total. The van der Waals surface area contributed by atoms with Gasteiger partial charge in [0, 0.05) is 17.3 Å². The van der Waals surface area contributed by atoms with Crippen molar-refractivity contribution < 1.29 is 4.92 Å². The lowest BCUT2D eigenvalue weighted by molar-refractivity contribution is -0.462. The van der Waals surface area contributed by atoms with Gasteiger partial charge in [0.25, 0.3) is 6.54 Å². The van der Waals surface area contributed by atoms with Crippen molar-refractivity contribution in [1.82, 2.24) is 4.98 Å². The van der Waals surface area contributed by atoms with Gasteiger partial charge >= 0.3 is 0 Å². The molecule has 1 aromatic heterocycles. The maximum absolute atomic E-state index is 10.4. The van der Waals surface area contributed by atoms with Crippen molar-refractivity contribution in [1.29, 1.82) is 0 Å². The molecule has 0 fully saturated rings. The van der Waals surface area contributed by atoms with Crippen LogP contribution in [-0.2, 0) is 0 Å². The Morgan fingerprint density at radius 2 is 2.50 bits per heavy atom. The number of nitrogens with zero attached hydrogens (tertiary/aromatic N) is 3. The Bertz CT molecular complexity index is 381. The van der Waals surface area contributed by atoms with Crippen LogP contribution in [0.4, 0.5) is 0 Å². The summed E-state index contributed by atoms with van der Waals surface area (Å²) >= 11 is 1.31. The third-order valence-electron chi connectivity index (χ3n) is 2.00. The molecule has 0 radical (unpaired) electrons. The average molecular weight is 239 g/mol. The van der Waals surface area contributed by atoms with Gasteiger partial charge in [-0.25, -0.2) is 0 Å². The minimum absolute atomic E-state index is 0.101. The summed E-state index contributed by atoms with van der Waals surface area (Å²) in [5.74, 6) is 0. The molecule has 0 spiro atoms. The zero-order valence-electron chi connectivity index (χ0n) is 9.16. The van der Waals surface area contributed by atoms with Crippen LogP contribution in [0.5, 0.6) is 0 Å². The van der Waals surface area contributed by atoms with Crippen molar-refractivity contribution >= 4 is 16.8 Å². The second-order valence-electron chi connectivity index (χ2n) is 3.18. The van der Waals surface area contributed by atoms with Crippen LogP contribution in [0.15, 0.2) is 29.5 Å². The summed E-state index contributed by atoms with van der Waals surface area (Å²) < 4.78 is 0. The maximum atomic E-state index is 10.4. The highest BCUT2D eigenvalue weighted by Crippen LogP contribution is 2.17. The van der Waals surface area contributed by atoms with Gasteiger partial charge in [-0.3, -0.25) is 20.1 Å². The van der Waals surface area contributed by atoms with Gasteiger partial charge in [-0.15, -0.1) is 11.8 Å². The molecular formula is C10H13N3O2S. The van der Waals surface area contributed by atoms with Gasteiger partial charge in [-0.2, -0.15) is 0 Å². The van der Waals surface area contributed by atoms with Crippen LogP contribution in [0.2, 0.25) is 0 Å². The lowest BCUT2D eigenvalue weighted by atomic mass is 10.1. The van der Waals surface area contributed by atoms with E-state index in [0.29, 0.717) is 5.04 Å². The molecule has 1 aromatic rings. The first kappa shape index (κ1) is 12.6. The molecule has 0 aromatic carbocycles. The average Bonchev–Trinajstić information content (AvgIpc) is 2.28. The van der Waals surface area contributed by atoms with Crippen LogP contribution in [-0.4, -0.2) is 27.8 Å². The predicted octanol–water partition coefficient (Wildman–Crippen LogP) is 2.18. The van der Waals surface area contributed by atoms with E-state index in [1.807, 2.05) is 19.1 Å². The number of rotatable bonds is 4. The van der Waals surface area contributed by atoms with Crippen LogP contribution in [0.1, 0.15) is 18.5 Å². The summed E-state index contributed by atoms with van der Waals surface area (Å²) in [6.07, 6.45) is 5.20. The minimum atomic E-state index is -0.370. The highest BCUT2D eigenvalue weighted by Gasteiger charge is 2.09. The summed E-state index contributed by atoms with van der Waals surface area (Å²) in [4.78, 5) is 18.3. The largest absolute Gasteiger partial charge is 0.268 e. The Kier molecular flexibility index (Phi) is 4.91. The van der Waals surface area contributed by atoms with E-state index in [4.69, 9.17) is 0 Å². The van der Waals surface area contributed by atoms with Crippen LogP contribution in [0, 0.1) is 10.1 Å². The zero-order chi connectivity index (χ0) is 12.0. The van der Waals surface area contributed by atoms with E-state index in [0.717, 1.165) is 5.56 Å². The molecule has 5 nitrogen and oxygen atoms in total. The van der Waals surface area contributed by atoms with E-state index in [9.17, 15) is 10.1 Å². The Morgan fingerprint density at radius 3 is 3.00 bits per heavy atom. The Balaban J connectivity index is 2.77. The van der Waals surface area contributed by atoms with E-state index in [2.05, 4.69) is 9.98 Å². The first-order valence-corrected chi connectivity index (χ1v) is 5.98. The number of thioether (sulfide) groups is 1. The van der Waals surface area contributed by atoms with Crippen LogP contribution < -0.4 is 0 Å². The summed E-state index contributed by atoms with van der Waals surface area (Å²) in [7, 11) is 0. The molecule has 1 heterocycles. The fourth-order valence-corrected chi connectivity index (χ4v) is 1.68. The monoisotopic (exact) mass is 239 g/mol. The van der Waals surface area contributed by atoms with Gasteiger partial charge in [0.15, 0.2) is 0 Å². The van der Waals surface area contributed by atoms with Crippen LogP contribution in [0.3, 0.4) is 0 Å². The number of pyridine rings is 1. The SMILES string of the molecule is CSC(C[N+](=O)[O-])=NC(C)c1cccnc1. The first-order valence-electron chi connectivity index (χ1n) is 4.76. The predicted molar refractivity (Wildman–Crippen MR) is 65.5 cm³/mol. The number of hydrogen-bond acceptors (Lipinski definition) is 5. The van der Waals surface area contributed by atoms with E-state index >= 15 is 0 Å². The Labute approximate surface area is 98.1 Å². The normalized spacial score (nSPS) is 13.5. The molecule has 0 amide bonds. The molecule has 1 unspecified atom stereocenters. The first-order chi connectivity index (χ1) is 7.63.